The lowest BCUT2D eigenvalue weighted by molar-refractivity contribution is 0.0679. The summed E-state index contributed by atoms with van der Waals surface area (Å²) in [5.74, 6) is 7.51. The van der Waals surface area contributed by atoms with Gasteiger partial charge in [0, 0.05) is 24.5 Å². The Kier molecular flexibility index (Phi) is 5.38. The van der Waals surface area contributed by atoms with E-state index in [0.717, 1.165) is 37.2 Å². The monoisotopic (exact) mass is 264 g/mol. The molecule has 0 N–H and O–H groups in total. The molecule has 1 saturated heterocycles. The molecular weight excluding hydrogens is 248 g/mol. The Balaban J connectivity index is 1.81. The van der Waals surface area contributed by atoms with E-state index in [4.69, 9.17) is 21.1 Å². The Labute approximate surface area is 113 Å². The third-order valence-corrected chi connectivity index (χ3v) is 2.96. The normalized spacial score (nSPS) is 18.2. The van der Waals surface area contributed by atoms with Gasteiger partial charge in [-0.2, -0.15) is 0 Å². The van der Waals surface area contributed by atoms with Gasteiger partial charge in [-0.25, -0.2) is 0 Å². The Morgan fingerprint density at radius 3 is 2.83 bits per heavy atom. The van der Waals surface area contributed by atoms with Gasteiger partial charge in [0.05, 0.1) is 6.10 Å². The van der Waals surface area contributed by atoms with E-state index in [1.54, 1.807) is 0 Å². The number of benzene rings is 1. The quantitative estimate of drug-likeness (QED) is 0.614. The fraction of sp³-hybridized carbons (Fsp3) is 0.467. The maximum absolute atomic E-state index is 5.68. The maximum Gasteiger partial charge on any atom is 0.119 e. The van der Waals surface area contributed by atoms with Crippen LogP contribution in [0.2, 0.25) is 0 Å². The van der Waals surface area contributed by atoms with Crippen LogP contribution in [-0.4, -0.2) is 25.2 Å². The van der Waals surface area contributed by atoms with Crippen molar-refractivity contribution < 1.29 is 9.47 Å². The smallest absolute Gasteiger partial charge is 0.119 e. The zero-order chi connectivity index (χ0) is 12.6. The minimum Gasteiger partial charge on any atom is -0.491 e. The highest BCUT2D eigenvalue weighted by molar-refractivity contribution is 6.18. The van der Waals surface area contributed by atoms with Crippen molar-refractivity contribution >= 4 is 11.6 Å². The van der Waals surface area contributed by atoms with E-state index >= 15 is 0 Å². The van der Waals surface area contributed by atoms with E-state index in [-0.39, 0.29) is 6.10 Å². The first kappa shape index (κ1) is 13.3. The highest BCUT2D eigenvalue weighted by Gasteiger charge is 2.15. The summed E-state index contributed by atoms with van der Waals surface area (Å²) in [4.78, 5) is 0. The van der Waals surface area contributed by atoms with Crippen molar-refractivity contribution in [2.75, 3.05) is 19.1 Å². The first-order valence-electron chi connectivity index (χ1n) is 6.28. The van der Waals surface area contributed by atoms with Crippen LogP contribution >= 0.6 is 11.6 Å². The molecule has 1 aliphatic rings. The standard InChI is InChI=1S/C15H17ClO2/c16-10-2-1-4-13-6-8-14(9-7-13)18-12-15-5-3-11-17-15/h6-9,15H,2-3,5,10-12H2. The molecule has 96 valence electrons. The van der Waals surface area contributed by atoms with Gasteiger partial charge < -0.3 is 9.47 Å². The molecule has 1 atom stereocenters. The summed E-state index contributed by atoms with van der Waals surface area (Å²) in [5, 5.41) is 0. The highest BCUT2D eigenvalue weighted by atomic mass is 35.5. The van der Waals surface area contributed by atoms with Gasteiger partial charge in [-0.1, -0.05) is 11.8 Å². The Bertz CT molecular complexity index is 410. The van der Waals surface area contributed by atoms with Crippen LogP contribution < -0.4 is 4.74 Å². The largest absolute Gasteiger partial charge is 0.491 e. The molecule has 1 aromatic carbocycles. The van der Waals surface area contributed by atoms with Gasteiger partial charge in [0.15, 0.2) is 0 Å². The average molecular weight is 265 g/mol. The molecule has 0 aliphatic carbocycles. The summed E-state index contributed by atoms with van der Waals surface area (Å²) in [5.41, 5.74) is 0.990. The summed E-state index contributed by atoms with van der Waals surface area (Å²) < 4.78 is 11.2. The molecule has 0 saturated carbocycles. The third kappa shape index (κ3) is 4.25. The molecular formula is C15H17ClO2. The van der Waals surface area contributed by atoms with Crippen molar-refractivity contribution in [2.24, 2.45) is 0 Å². The number of rotatable bonds is 4. The SMILES string of the molecule is ClCCC#Cc1ccc(OCC2CCCO2)cc1. The van der Waals surface area contributed by atoms with Crippen molar-refractivity contribution in [1.82, 2.24) is 0 Å². The summed E-state index contributed by atoms with van der Waals surface area (Å²) in [7, 11) is 0. The van der Waals surface area contributed by atoms with Gasteiger partial charge in [-0.05, 0) is 37.1 Å². The number of alkyl halides is 1. The van der Waals surface area contributed by atoms with Crippen LogP contribution in [0.1, 0.15) is 24.8 Å². The first-order valence-corrected chi connectivity index (χ1v) is 6.81. The van der Waals surface area contributed by atoms with Gasteiger partial charge in [-0.3, -0.25) is 0 Å². The number of hydrogen-bond donors (Lipinski definition) is 0. The van der Waals surface area contributed by atoms with Gasteiger partial charge in [0.1, 0.15) is 12.4 Å². The van der Waals surface area contributed by atoms with Crippen molar-refractivity contribution in [3.63, 3.8) is 0 Å². The molecule has 1 aliphatic heterocycles. The van der Waals surface area contributed by atoms with Gasteiger partial charge in [0.2, 0.25) is 0 Å². The summed E-state index contributed by atoms with van der Waals surface area (Å²) >= 11 is 5.56. The van der Waals surface area contributed by atoms with Crippen LogP contribution in [0.4, 0.5) is 0 Å². The van der Waals surface area contributed by atoms with Crippen molar-refractivity contribution in [1.29, 1.82) is 0 Å². The van der Waals surface area contributed by atoms with Crippen LogP contribution in [0, 0.1) is 11.8 Å². The highest BCUT2D eigenvalue weighted by Crippen LogP contribution is 2.16. The molecule has 1 aromatic rings. The molecule has 0 bridgehead atoms. The van der Waals surface area contributed by atoms with E-state index in [1.807, 2.05) is 24.3 Å². The van der Waals surface area contributed by atoms with E-state index in [2.05, 4.69) is 11.8 Å². The maximum atomic E-state index is 5.68. The van der Waals surface area contributed by atoms with E-state index in [1.165, 1.54) is 0 Å². The Morgan fingerprint density at radius 1 is 1.33 bits per heavy atom. The molecule has 1 heterocycles. The number of hydrogen-bond acceptors (Lipinski definition) is 2. The molecule has 1 fully saturated rings. The molecule has 3 heteroatoms. The van der Waals surface area contributed by atoms with Gasteiger partial charge in [-0.15, -0.1) is 11.6 Å². The lowest BCUT2D eigenvalue weighted by Crippen LogP contribution is -2.16. The molecule has 0 spiro atoms. The lowest BCUT2D eigenvalue weighted by atomic mass is 10.2. The van der Waals surface area contributed by atoms with Crippen molar-refractivity contribution in [2.45, 2.75) is 25.4 Å². The van der Waals surface area contributed by atoms with Gasteiger partial charge >= 0.3 is 0 Å². The average Bonchev–Trinajstić information content (AvgIpc) is 2.91. The predicted octanol–water partition coefficient (Wildman–Crippen LogP) is 3.22. The number of ether oxygens (including phenoxy) is 2. The second-order valence-corrected chi connectivity index (χ2v) is 4.59. The zero-order valence-corrected chi connectivity index (χ0v) is 11.1. The number of halogens is 1. The van der Waals surface area contributed by atoms with Crippen LogP contribution in [0.3, 0.4) is 0 Å². The fourth-order valence-electron chi connectivity index (χ4n) is 1.81. The molecule has 2 rings (SSSR count). The second-order valence-electron chi connectivity index (χ2n) is 4.21. The molecule has 18 heavy (non-hydrogen) atoms. The first-order chi connectivity index (χ1) is 8.88. The zero-order valence-electron chi connectivity index (χ0n) is 10.3. The topological polar surface area (TPSA) is 18.5 Å². The van der Waals surface area contributed by atoms with Crippen LogP contribution in [0.15, 0.2) is 24.3 Å². The van der Waals surface area contributed by atoms with Crippen LogP contribution in [0.5, 0.6) is 5.75 Å². The minimum absolute atomic E-state index is 0.258. The van der Waals surface area contributed by atoms with Gasteiger partial charge in [0.25, 0.3) is 0 Å². The van der Waals surface area contributed by atoms with E-state index in [9.17, 15) is 0 Å². The Morgan fingerprint density at radius 2 is 2.17 bits per heavy atom. The Hall–Kier alpha value is -1.17. The minimum atomic E-state index is 0.258. The van der Waals surface area contributed by atoms with E-state index in [0.29, 0.717) is 12.5 Å². The summed E-state index contributed by atoms with van der Waals surface area (Å²) in [6.07, 6.45) is 3.22. The molecule has 0 amide bonds. The molecule has 0 aromatic heterocycles. The van der Waals surface area contributed by atoms with Crippen molar-refractivity contribution in [3.05, 3.63) is 29.8 Å². The summed E-state index contributed by atoms with van der Waals surface area (Å²) in [6, 6.07) is 7.82. The van der Waals surface area contributed by atoms with Crippen LogP contribution in [0.25, 0.3) is 0 Å². The predicted molar refractivity (Wildman–Crippen MR) is 73.1 cm³/mol. The lowest BCUT2D eigenvalue weighted by Gasteiger charge is -2.11. The van der Waals surface area contributed by atoms with Crippen LogP contribution in [-0.2, 0) is 4.74 Å². The molecule has 0 radical (unpaired) electrons. The molecule has 2 nitrogen and oxygen atoms in total. The van der Waals surface area contributed by atoms with Crippen molar-refractivity contribution in [3.8, 4) is 17.6 Å². The van der Waals surface area contributed by atoms with E-state index < -0.39 is 0 Å². The second kappa shape index (κ2) is 7.31. The third-order valence-electron chi connectivity index (χ3n) is 2.77. The molecule has 1 unspecified atom stereocenters. The fourth-order valence-corrected chi connectivity index (χ4v) is 1.91. The summed E-state index contributed by atoms with van der Waals surface area (Å²) in [6.45, 7) is 1.50.